The Bertz CT molecular complexity index is 392. The third-order valence-corrected chi connectivity index (χ3v) is 3.86. The number of rotatable bonds is 3. The summed E-state index contributed by atoms with van der Waals surface area (Å²) in [7, 11) is 0. The van der Waals surface area contributed by atoms with Gasteiger partial charge in [-0.15, -0.1) is 0 Å². The first-order valence-electron chi connectivity index (χ1n) is 5.73. The maximum absolute atomic E-state index is 13.3. The van der Waals surface area contributed by atoms with Crippen LogP contribution in [0.4, 0.5) is 8.78 Å². The lowest BCUT2D eigenvalue weighted by Gasteiger charge is -2.27. The number of nitrogens with one attached hydrogen (secondary N) is 1. The number of piperazine rings is 1. The van der Waals surface area contributed by atoms with Crippen molar-refractivity contribution in [2.45, 2.75) is 6.42 Å². The maximum atomic E-state index is 13.3. The van der Waals surface area contributed by atoms with Gasteiger partial charge >= 0.3 is 0 Å². The number of nitrogens with zero attached hydrogens (tertiary/aromatic N) is 1. The van der Waals surface area contributed by atoms with E-state index in [-0.39, 0.29) is 0 Å². The van der Waals surface area contributed by atoms with E-state index in [1.807, 2.05) is 0 Å². The van der Waals surface area contributed by atoms with Crippen LogP contribution in [0.5, 0.6) is 0 Å². The van der Waals surface area contributed by atoms with E-state index >= 15 is 0 Å². The normalized spacial score (nSPS) is 17.4. The molecule has 0 amide bonds. The minimum atomic E-state index is -0.527. The van der Waals surface area contributed by atoms with Crippen LogP contribution >= 0.6 is 15.9 Å². The van der Waals surface area contributed by atoms with Crippen molar-refractivity contribution in [2.24, 2.45) is 0 Å². The van der Waals surface area contributed by atoms with Gasteiger partial charge in [-0.3, -0.25) is 0 Å². The molecule has 1 heterocycles. The number of halogens is 3. The molecule has 0 aromatic heterocycles. The van der Waals surface area contributed by atoms with Gasteiger partial charge in [-0.25, -0.2) is 8.78 Å². The van der Waals surface area contributed by atoms with Gasteiger partial charge in [0.2, 0.25) is 0 Å². The quantitative estimate of drug-likeness (QED) is 0.861. The zero-order valence-electron chi connectivity index (χ0n) is 9.48. The van der Waals surface area contributed by atoms with Crippen molar-refractivity contribution < 1.29 is 8.78 Å². The maximum Gasteiger partial charge on any atom is 0.140 e. The first-order valence-corrected chi connectivity index (χ1v) is 6.52. The van der Waals surface area contributed by atoms with Crippen molar-refractivity contribution in [3.05, 3.63) is 33.8 Å². The van der Waals surface area contributed by atoms with Crippen molar-refractivity contribution in [3.63, 3.8) is 0 Å². The molecule has 0 unspecified atom stereocenters. The summed E-state index contributed by atoms with van der Waals surface area (Å²) in [6, 6.07) is 2.30. The molecule has 0 atom stereocenters. The fraction of sp³-hybridized carbons (Fsp3) is 0.500. The van der Waals surface area contributed by atoms with E-state index in [1.165, 1.54) is 6.07 Å². The summed E-state index contributed by atoms with van der Waals surface area (Å²) >= 11 is 3.17. The summed E-state index contributed by atoms with van der Waals surface area (Å²) < 4.78 is 26.8. The van der Waals surface area contributed by atoms with Gasteiger partial charge in [-0.05, 0) is 34.0 Å². The van der Waals surface area contributed by atoms with Gasteiger partial charge in [0.25, 0.3) is 0 Å². The Morgan fingerprint density at radius 1 is 1.24 bits per heavy atom. The minimum Gasteiger partial charge on any atom is -0.314 e. The van der Waals surface area contributed by atoms with Crippen LogP contribution in [0.1, 0.15) is 5.56 Å². The molecule has 1 aromatic carbocycles. The molecule has 5 heteroatoms. The topological polar surface area (TPSA) is 15.3 Å². The lowest BCUT2D eigenvalue weighted by molar-refractivity contribution is 0.243. The van der Waals surface area contributed by atoms with Crippen LogP contribution in [0.25, 0.3) is 0 Å². The lowest BCUT2D eigenvalue weighted by atomic mass is 10.1. The largest absolute Gasteiger partial charge is 0.314 e. The highest BCUT2D eigenvalue weighted by molar-refractivity contribution is 9.10. The zero-order valence-corrected chi connectivity index (χ0v) is 11.1. The molecule has 0 saturated carbocycles. The smallest absolute Gasteiger partial charge is 0.140 e. The van der Waals surface area contributed by atoms with Gasteiger partial charge in [0.1, 0.15) is 11.6 Å². The Morgan fingerprint density at radius 3 is 2.65 bits per heavy atom. The first kappa shape index (κ1) is 12.9. The third kappa shape index (κ3) is 3.47. The molecule has 1 saturated heterocycles. The van der Waals surface area contributed by atoms with Gasteiger partial charge < -0.3 is 10.2 Å². The zero-order chi connectivity index (χ0) is 12.3. The van der Waals surface area contributed by atoms with Crippen LogP contribution in [-0.4, -0.2) is 37.6 Å². The molecule has 1 aliphatic rings. The molecule has 0 spiro atoms. The SMILES string of the molecule is Fc1cc(F)c(Br)c(CCN2CCNCC2)c1. The molecule has 17 heavy (non-hydrogen) atoms. The van der Waals surface area contributed by atoms with Crippen LogP contribution in [0.3, 0.4) is 0 Å². The van der Waals surface area contributed by atoms with Gasteiger partial charge in [0.15, 0.2) is 0 Å². The second kappa shape index (κ2) is 5.89. The predicted molar refractivity (Wildman–Crippen MR) is 67.1 cm³/mol. The molecule has 0 aliphatic carbocycles. The van der Waals surface area contributed by atoms with E-state index in [2.05, 4.69) is 26.1 Å². The standard InChI is InChI=1S/C12H15BrF2N2/c13-12-9(7-10(14)8-11(12)15)1-4-17-5-2-16-3-6-17/h7-8,16H,1-6H2. The van der Waals surface area contributed by atoms with E-state index in [0.29, 0.717) is 16.5 Å². The number of hydrogen-bond acceptors (Lipinski definition) is 2. The van der Waals surface area contributed by atoms with Crippen LogP contribution in [0.15, 0.2) is 16.6 Å². The van der Waals surface area contributed by atoms with E-state index < -0.39 is 11.6 Å². The summed E-state index contributed by atoms with van der Waals surface area (Å²) in [6.07, 6.45) is 0.662. The van der Waals surface area contributed by atoms with Crippen molar-refractivity contribution in [1.29, 1.82) is 0 Å². The molecule has 1 aromatic rings. The van der Waals surface area contributed by atoms with Crippen LogP contribution < -0.4 is 5.32 Å². The molecule has 1 aliphatic heterocycles. The van der Waals surface area contributed by atoms with Crippen LogP contribution in [-0.2, 0) is 6.42 Å². The summed E-state index contributed by atoms with van der Waals surface area (Å²) in [6.45, 7) is 4.80. The van der Waals surface area contributed by atoms with Gasteiger partial charge in [0.05, 0.1) is 4.47 Å². The highest BCUT2D eigenvalue weighted by Gasteiger charge is 2.12. The van der Waals surface area contributed by atoms with Crippen molar-refractivity contribution in [2.75, 3.05) is 32.7 Å². The molecule has 2 rings (SSSR count). The number of hydrogen-bond donors (Lipinski definition) is 1. The second-order valence-electron chi connectivity index (χ2n) is 4.20. The Kier molecular flexibility index (Phi) is 4.48. The van der Waals surface area contributed by atoms with Gasteiger partial charge in [0, 0.05) is 38.8 Å². The van der Waals surface area contributed by atoms with E-state index in [9.17, 15) is 8.78 Å². The summed E-state index contributed by atoms with van der Waals surface area (Å²) in [5.41, 5.74) is 0.695. The summed E-state index contributed by atoms with van der Waals surface area (Å²) in [5.74, 6) is -1.04. The predicted octanol–water partition coefficient (Wildman–Crippen LogP) is 2.17. The Morgan fingerprint density at radius 2 is 1.94 bits per heavy atom. The molecule has 0 bridgehead atoms. The molecule has 0 radical (unpaired) electrons. The van der Waals surface area contributed by atoms with Crippen molar-refractivity contribution >= 4 is 15.9 Å². The average molecular weight is 305 g/mol. The van der Waals surface area contributed by atoms with Crippen LogP contribution in [0.2, 0.25) is 0 Å². The van der Waals surface area contributed by atoms with Gasteiger partial charge in [-0.2, -0.15) is 0 Å². The Hall–Kier alpha value is -0.520. The number of benzene rings is 1. The minimum absolute atomic E-state index is 0.383. The van der Waals surface area contributed by atoms with Crippen molar-refractivity contribution in [3.8, 4) is 0 Å². The van der Waals surface area contributed by atoms with Crippen LogP contribution in [0, 0.1) is 11.6 Å². The third-order valence-electron chi connectivity index (χ3n) is 2.98. The fourth-order valence-corrected chi connectivity index (χ4v) is 2.43. The molecular formula is C12H15BrF2N2. The average Bonchev–Trinajstić information content (AvgIpc) is 2.33. The highest BCUT2D eigenvalue weighted by Crippen LogP contribution is 2.22. The molecule has 2 nitrogen and oxygen atoms in total. The molecule has 94 valence electrons. The van der Waals surface area contributed by atoms with Gasteiger partial charge in [-0.1, -0.05) is 0 Å². The van der Waals surface area contributed by atoms with E-state index in [4.69, 9.17) is 0 Å². The molecular weight excluding hydrogens is 290 g/mol. The Balaban J connectivity index is 1.98. The second-order valence-corrected chi connectivity index (χ2v) is 5.00. The first-order chi connectivity index (χ1) is 8.16. The molecule has 1 N–H and O–H groups in total. The summed E-state index contributed by atoms with van der Waals surface area (Å²) in [5, 5.41) is 3.27. The van der Waals surface area contributed by atoms with Crippen molar-refractivity contribution in [1.82, 2.24) is 10.2 Å². The fourth-order valence-electron chi connectivity index (χ4n) is 2.00. The summed E-state index contributed by atoms with van der Waals surface area (Å²) in [4.78, 5) is 2.30. The van der Waals surface area contributed by atoms with E-state index in [0.717, 1.165) is 38.8 Å². The monoisotopic (exact) mass is 304 g/mol. The molecule has 1 fully saturated rings. The highest BCUT2D eigenvalue weighted by atomic mass is 79.9. The Labute approximate surface area is 108 Å². The lowest BCUT2D eigenvalue weighted by Crippen LogP contribution is -2.44. The van der Waals surface area contributed by atoms with E-state index in [1.54, 1.807) is 0 Å².